The Kier molecular flexibility index (Phi) is 5.97. The molecule has 0 heterocycles. The number of ether oxygens (including phenoxy) is 1. The van der Waals surface area contributed by atoms with Crippen molar-refractivity contribution >= 4 is 17.6 Å². The Balaban J connectivity index is 2.57. The number of amides is 1. The summed E-state index contributed by atoms with van der Waals surface area (Å²) in [6.45, 7) is 11.8. The van der Waals surface area contributed by atoms with Gasteiger partial charge in [0.25, 0.3) is 5.91 Å². The van der Waals surface area contributed by atoms with Gasteiger partial charge in [-0.15, -0.1) is 0 Å². The first-order valence-electron chi connectivity index (χ1n) is 9.36. The standard InChI is InChI=1S/C23H29NO5/c1-22(2,3)15-10-14(11-16(19(15)25)23(4,5)6)20(26)24-17-12-13(21(27)28)8-9-18(17)29-7/h8-12,25H,1-7H3,(H,24,26)(H,27,28). The van der Waals surface area contributed by atoms with Crippen LogP contribution in [-0.4, -0.2) is 29.2 Å². The Morgan fingerprint density at radius 2 is 1.41 bits per heavy atom. The normalized spacial score (nSPS) is 11.8. The van der Waals surface area contributed by atoms with Crippen LogP contribution in [0.3, 0.4) is 0 Å². The number of nitrogens with one attached hydrogen (secondary N) is 1. The van der Waals surface area contributed by atoms with Crippen molar-refractivity contribution in [2.24, 2.45) is 0 Å². The second-order valence-corrected chi connectivity index (χ2v) is 9.09. The molecule has 29 heavy (non-hydrogen) atoms. The van der Waals surface area contributed by atoms with Crippen molar-refractivity contribution in [3.8, 4) is 11.5 Å². The summed E-state index contributed by atoms with van der Waals surface area (Å²) in [4.78, 5) is 24.3. The minimum absolute atomic E-state index is 0.0394. The largest absolute Gasteiger partial charge is 0.507 e. The summed E-state index contributed by atoms with van der Waals surface area (Å²) in [6, 6.07) is 7.61. The monoisotopic (exact) mass is 399 g/mol. The third kappa shape index (κ3) is 4.88. The van der Waals surface area contributed by atoms with Crippen LogP contribution in [0.2, 0.25) is 0 Å². The van der Waals surface area contributed by atoms with Crippen LogP contribution in [0.4, 0.5) is 5.69 Å². The van der Waals surface area contributed by atoms with Crippen molar-refractivity contribution in [1.29, 1.82) is 0 Å². The number of aromatic hydroxyl groups is 1. The molecule has 0 saturated heterocycles. The summed E-state index contributed by atoms with van der Waals surface area (Å²) in [5, 5.41) is 22.8. The first kappa shape index (κ1) is 22.3. The molecular formula is C23H29NO5. The van der Waals surface area contributed by atoms with E-state index < -0.39 is 11.9 Å². The Labute approximate surface area is 171 Å². The quantitative estimate of drug-likeness (QED) is 0.676. The molecule has 6 heteroatoms. The Bertz CT molecular complexity index is 914. The molecular weight excluding hydrogens is 370 g/mol. The lowest BCUT2D eigenvalue weighted by atomic mass is 9.78. The Morgan fingerprint density at radius 1 is 0.897 bits per heavy atom. The van der Waals surface area contributed by atoms with Gasteiger partial charge in [-0.3, -0.25) is 4.79 Å². The minimum atomic E-state index is -1.10. The molecule has 3 N–H and O–H groups in total. The summed E-state index contributed by atoms with van der Waals surface area (Å²) in [5.41, 5.74) is 1.27. The average Bonchev–Trinajstić information content (AvgIpc) is 2.59. The smallest absolute Gasteiger partial charge is 0.335 e. The zero-order valence-electron chi connectivity index (χ0n) is 18.0. The number of hydrogen-bond donors (Lipinski definition) is 3. The number of carbonyl (C=O) groups excluding carboxylic acids is 1. The van der Waals surface area contributed by atoms with Crippen molar-refractivity contribution < 1.29 is 24.5 Å². The number of carboxylic acids is 1. The molecule has 0 fully saturated rings. The van der Waals surface area contributed by atoms with E-state index >= 15 is 0 Å². The number of carboxylic acid groups (broad SMARTS) is 1. The predicted molar refractivity (Wildman–Crippen MR) is 113 cm³/mol. The lowest BCUT2D eigenvalue weighted by molar-refractivity contribution is 0.0696. The van der Waals surface area contributed by atoms with Crippen LogP contribution < -0.4 is 10.1 Å². The van der Waals surface area contributed by atoms with Crippen LogP contribution in [0.25, 0.3) is 0 Å². The molecule has 0 atom stereocenters. The van der Waals surface area contributed by atoms with Crippen LogP contribution in [-0.2, 0) is 10.8 Å². The highest BCUT2D eigenvalue weighted by Crippen LogP contribution is 2.40. The average molecular weight is 399 g/mol. The van der Waals surface area contributed by atoms with E-state index in [-0.39, 0.29) is 27.8 Å². The van der Waals surface area contributed by atoms with Gasteiger partial charge in [-0.05, 0) is 41.2 Å². The van der Waals surface area contributed by atoms with Gasteiger partial charge in [0.1, 0.15) is 11.5 Å². The summed E-state index contributed by atoms with van der Waals surface area (Å²) >= 11 is 0. The van der Waals surface area contributed by atoms with E-state index in [1.54, 1.807) is 12.1 Å². The molecule has 0 saturated carbocycles. The highest BCUT2D eigenvalue weighted by Gasteiger charge is 2.28. The molecule has 2 aromatic rings. The van der Waals surface area contributed by atoms with Gasteiger partial charge >= 0.3 is 5.97 Å². The zero-order valence-corrected chi connectivity index (χ0v) is 18.0. The lowest BCUT2D eigenvalue weighted by Gasteiger charge is -2.28. The van der Waals surface area contributed by atoms with Gasteiger partial charge in [-0.1, -0.05) is 41.5 Å². The molecule has 2 rings (SSSR count). The van der Waals surface area contributed by atoms with Gasteiger partial charge < -0.3 is 20.3 Å². The van der Waals surface area contributed by atoms with E-state index in [1.807, 2.05) is 41.5 Å². The van der Waals surface area contributed by atoms with E-state index in [4.69, 9.17) is 4.74 Å². The van der Waals surface area contributed by atoms with Crippen LogP contribution in [0.5, 0.6) is 11.5 Å². The molecule has 0 bridgehead atoms. The van der Waals surface area contributed by atoms with Gasteiger partial charge in [0.05, 0.1) is 18.4 Å². The van der Waals surface area contributed by atoms with Crippen LogP contribution in [0.1, 0.15) is 73.4 Å². The molecule has 156 valence electrons. The van der Waals surface area contributed by atoms with Gasteiger partial charge in [0.15, 0.2) is 0 Å². The number of aromatic carboxylic acids is 1. The number of carbonyl (C=O) groups is 2. The second-order valence-electron chi connectivity index (χ2n) is 9.09. The highest BCUT2D eigenvalue weighted by molar-refractivity contribution is 6.06. The van der Waals surface area contributed by atoms with Crippen molar-refractivity contribution in [3.05, 3.63) is 52.6 Å². The minimum Gasteiger partial charge on any atom is -0.507 e. The summed E-state index contributed by atoms with van der Waals surface area (Å²) in [7, 11) is 1.45. The Hall–Kier alpha value is -3.02. The molecule has 0 aromatic heterocycles. The molecule has 0 aliphatic rings. The maximum atomic E-state index is 13.0. The highest BCUT2D eigenvalue weighted by atomic mass is 16.5. The maximum Gasteiger partial charge on any atom is 0.335 e. The molecule has 2 aromatic carbocycles. The number of anilines is 1. The van der Waals surface area contributed by atoms with E-state index in [0.29, 0.717) is 22.4 Å². The molecule has 0 radical (unpaired) electrons. The van der Waals surface area contributed by atoms with Crippen LogP contribution in [0, 0.1) is 0 Å². The lowest BCUT2D eigenvalue weighted by Crippen LogP contribution is -2.21. The summed E-state index contributed by atoms with van der Waals surface area (Å²) < 4.78 is 5.24. The van der Waals surface area contributed by atoms with Crippen molar-refractivity contribution in [2.75, 3.05) is 12.4 Å². The third-order valence-electron chi connectivity index (χ3n) is 4.68. The van der Waals surface area contributed by atoms with Gasteiger partial charge in [0.2, 0.25) is 0 Å². The second kappa shape index (κ2) is 7.78. The first-order valence-corrected chi connectivity index (χ1v) is 9.36. The molecule has 6 nitrogen and oxygen atoms in total. The SMILES string of the molecule is COc1ccc(C(=O)O)cc1NC(=O)c1cc(C(C)(C)C)c(O)c(C(C)(C)C)c1. The van der Waals surface area contributed by atoms with Gasteiger partial charge in [-0.2, -0.15) is 0 Å². The van der Waals surface area contributed by atoms with E-state index in [1.165, 1.54) is 25.3 Å². The zero-order chi connectivity index (χ0) is 22.1. The molecule has 0 spiro atoms. The maximum absolute atomic E-state index is 13.0. The van der Waals surface area contributed by atoms with Crippen LogP contribution >= 0.6 is 0 Å². The Morgan fingerprint density at radius 3 is 1.83 bits per heavy atom. The number of phenols is 1. The summed E-state index contributed by atoms with van der Waals surface area (Å²) in [5.74, 6) is -0.971. The number of methoxy groups -OCH3 is 1. The number of benzene rings is 2. The number of rotatable bonds is 4. The molecule has 0 aliphatic heterocycles. The third-order valence-corrected chi connectivity index (χ3v) is 4.68. The van der Waals surface area contributed by atoms with Crippen molar-refractivity contribution in [3.63, 3.8) is 0 Å². The fraction of sp³-hybridized carbons (Fsp3) is 0.391. The molecule has 0 aliphatic carbocycles. The van der Waals surface area contributed by atoms with Gasteiger partial charge in [0, 0.05) is 16.7 Å². The van der Waals surface area contributed by atoms with E-state index in [9.17, 15) is 19.8 Å². The van der Waals surface area contributed by atoms with Gasteiger partial charge in [-0.25, -0.2) is 4.79 Å². The first-order chi connectivity index (χ1) is 13.3. The fourth-order valence-corrected chi connectivity index (χ4v) is 3.04. The predicted octanol–water partition coefficient (Wildman–Crippen LogP) is 4.95. The molecule has 0 unspecified atom stereocenters. The van der Waals surface area contributed by atoms with E-state index in [2.05, 4.69) is 5.32 Å². The van der Waals surface area contributed by atoms with Crippen molar-refractivity contribution in [1.82, 2.24) is 0 Å². The molecule has 1 amide bonds. The number of hydrogen-bond acceptors (Lipinski definition) is 4. The van der Waals surface area contributed by atoms with Crippen molar-refractivity contribution in [2.45, 2.75) is 52.4 Å². The van der Waals surface area contributed by atoms with E-state index in [0.717, 1.165) is 0 Å². The number of phenolic OH excluding ortho intramolecular Hbond substituents is 1. The fourth-order valence-electron chi connectivity index (χ4n) is 3.04. The summed E-state index contributed by atoms with van der Waals surface area (Å²) in [6.07, 6.45) is 0. The topological polar surface area (TPSA) is 95.9 Å². The van der Waals surface area contributed by atoms with Crippen LogP contribution in [0.15, 0.2) is 30.3 Å².